The highest BCUT2D eigenvalue weighted by molar-refractivity contribution is 5.96. The predicted octanol–water partition coefficient (Wildman–Crippen LogP) is 3.46. The average molecular weight is 485 g/mol. The second-order valence-corrected chi connectivity index (χ2v) is 9.36. The molecule has 0 unspecified atom stereocenters. The number of aliphatic hydroxyl groups is 2. The molecule has 1 aromatic rings. The van der Waals surface area contributed by atoms with Crippen LogP contribution in [0.1, 0.15) is 69.8 Å². The van der Waals surface area contributed by atoms with E-state index in [0.29, 0.717) is 24.3 Å². The van der Waals surface area contributed by atoms with Crippen LogP contribution in [0.3, 0.4) is 0 Å². The topological polar surface area (TPSA) is 99.1 Å². The number of amides is 2. The Labute approximate surface area is 208 Å². The van der Waals surface area contributed by atoms with Crippen molar-refractivity contribution in [2.24, 2.45) is 0 Å². The minimum Gasteiger partial charge on any atom is -0.486 e. The standard InChI is InChI=1S/C28H40N2O5/c1-3-5-7-9-15-24(32)30(17-12-8-6-4-2)22-19-21(28(34)29-16-18-31)25-20-13-10-11-14-23(20)35-27(25)26(22)33/h3,10-11,13-14,19,22,25-27,31,33H,1,4-9,12,15-18H2,2H3,(H,29,34)/t22-,25+,26+,27+/m1/s1. The maximum absolute atomic E-state index is 13.4. The second kappa shape index (κ2) is 13.4. The van der Waals surface area contributed by atoms with E-state index in [1.807, 2.05) is 30.3 Å². The fourth-order valence-electron chi connectivity index (χ4n) is 5.05. The van der Waals surface area contributed by atoms with E-state index in [1.165, 1.54) is 0 Å². The monoisotopic (exact) mass is 484 g/mol. The van der Waals surface area contributed by atoms with Crippen LogP contribution in [-0.2, 0) is 9.59 Å². The Morgan fingerprint density at radius 2 is 1.97 bits per heavy atom. The number of allylic oxidation sites excluding steroid dienone is 1. The van der Waals surface area contributed by atoms with Crippen LogP contribution in [0, 0.1) is 0 Å². The van der Waals surface area contributed by atoms with Gasteiger partial charge in [0.1, 0.15) is 18.0 Å². The van der Waals surface area contributed by atoms with E-state index >= 15 is 0 Å². The quantitative estimate of drug-likeness (QED) is 0.277. The van der Waals surface area contributed by atoms with Crippen LogP contribution in [0.4, 0.5) is 0 Å². The van der Waals surface area contributed by atoms with Gasteiger partial charge in [-0.15, -0.1) is 6.58 Å². The summed E-state index contributed by atoms with van der Waals surface area (Å²) in [5.74, 6) is -0.111. The molecule has 0 radical (unpaired) electrons. The number of unbranched alkanes of at least 4 members (excludes halogenated alkanes) is 5. The number of benzene rings is 1. The summed E-state index contributed by atoms with van der Waals surface area (Å²) < 4.78 is 6.16. The number of nitrogens with one attached hydrogen (secondary N) is 1. The molecule has 0 fully saturated rings. The van der Waals surface area contributed by atoms with Gasteiger partial charge in [-0.2, -0.15) is 0 Å². The van der Waals surface area contributed by atoms with Crippen molar-refractivity contribution in [1.29, 1.82) is 0 Å². The molecular formula is C28H40N2O5. The summed E-state index contributed by atoms with van der Waals surface area (Å²) in [6, 6.07) is 6.84. The number of hydrogen-bond acceptors (Lipinski definition) is 5. The van der Waals surface area contributed by atoms with Crippen molar-refractivity contribution in [3.63, 3.8) is 0 Å². The van der Waals surface area contributed by atoms with Gasteiger partial charge in [-0.1, -0.05) is 50.5 Å². The second-order valence-electron chi connectivity index (χ2n) is 9.36. The molecule has 0 saturated carbocycles. The van der Waals surface area contributed by atoms with Crippen molar-refractivity contribution in [1.82, 2.24) is 10.2 Å². The number of aliphatic hydroxyl groups excluding tert-OH is 2. The molecule has 0 aromatic heterocycles. The molecule has 2 aliphatic rings. The molecule has 0 saturated heterocycles. The Bertz CT molecular complexity index is 899. The first-order chi connectivity index (χ1) is 17.0. The summed E-state index contributed by atoms with van der Waals surface area (Å²) in [6.45, 7) is 6.37. The van der Waals surface area contributed by atoms with Gasteiger partial charge < -0.3 is 25.2 Å². The van der Waals surface area contributed by atoms with Crippen LogP contribution in [0.15, 0.2) is 48.6 Å². The number of ether oxygens (including phenoxy) is 1. The number of carbonyl (C=O) groups is 2. The molecule has 3 N–H and O–H groups in total. The molecule has 7 heteroatoms. The molecule has 1 aromatic carbocycles. The zero-order valence-corrected chi connectivity index (χ0v) is 20.8. The van der Waals surface area contributed by atoms with Gasteiger partial charge in [0.05, 0.1) is 18.6 Å². The van der Waals surface area contributed by atoms with Crippen molar-refractivity contribution in [2.45, 2.75) is 82.5 Å². The minimum atomic E-state index is -0.968. The smallest absolute Gasteiger partial charge is 0.247 e. The van der Waals surface area contributed by atoms with Crippen molar-refractivity contribution >= 4 is 11.8 Å². The van der Waals surface area contributed by atoms with E-state index < -0.39 is 24.2 Å². The first-order valence-electron chi connectivity index (χ1n) is 13.0. The van der Waals surface area contributed by atoms with Gasteiger partial charge >= 0.3 is 0 Å². The lowest BCUT2D eigenvalue weighted by atomic mass is 9.77. The molecule has 1 aliphatic carbocycles. The summed E-state index contributed by atoms with van der Waals surface area (Å²) in [6.07, 6.45) is 8.88. The van der Waals surface area contributed by atoms with Gasteiger partial charge in [-0.25, -0.2) is 0 Å². The van der Waals surface area contributed by atoms with E-state index in [1.54, 1.807) is 11.0 Å². The maximum Gasteiger partial charge on any atom is 0.247 e. The van der Waals surface area contributed by atoms with Gasteiger partial charge in [-0.3, -0.25) is 9.59 Å². The number of nitrogens with zero attached hydrogens (tertiary/aromatic N) is 1. The Morgan fingerprint density at radius 3 is 2.71 bits per heavy atom. The van der Waals surface area contributed by atoms with E-state index in [9.17, 15) is 19.8 Å². The van der Waals surface area contributed by atoms with Crippen molar-refractivity contribution in [3.8, 4) is 5.75 Å². The number of carbonyl (C=O) groups excluding carboxylic acids is 2. The summed E-state index contributed by atoms with van der Waals surface area (Å²) in [5, 5.41) is 23.4. The van der Waals surface area contributed by atoms with Crippen LogP contribution in [-0.4, -0.2) is 64.9 Å². The molecular weight excluding hydrogens is 444 g/mol. The zero-order valence-electron chi connectivity index (χ0n) is 20.8. The first-order valence-corrected chi connectivity index (χ1v) is 13.0. The van der Waals surface area contributed by atoms with Crippen LogP contribution < -0.4 is 10.1 Å². The van der Waals surface area contributed by atoms with Gasteiger partial charge in [-0.05, 0) is 37.8 Å². The number of para-hydroxylation sites is 1. The molecule has 0 bridgehead atoms. The molecule has 1 heterocycles. The van der Waals surface area contributed by atoms with E-state index in [2.05, 4.69) is 18.8 Å². The number of fused-ring (bicyclic) bond motifs is 3. The molecule has 0 spiro atoms. The Balaban J connectivity index is 1.91. The van der Waals surface area contributed by atoms with Gasteiger partial charge in [0.2, 0.25) is 11.8 Å². The first kappa shape index (κ1) is 27.0. The van der Waals surface area contributed by atoms with Crippen LogP contribution in [0.5, 0.6) is 5.75 Å². The zero-order chi connectivity index (χ0) is 25.2. The van der Waals surface area contributed by atoms with Gasteiger partial charge in [0.15, 0.2) is 0 Å². The third-order valence-corrected chi connectivity index (χ3v) is 6.86. The number of rotatable bonds is 14. The predicted molar refractivity (Wildman–Crippen MR) is 136 cm³/mol. The molecule has 3 rings (SSSR count). The Hall–Kier alpha value is -2.64. The van der Waals surface area contributed by atoms with Crippen molar-refractivity contribution in [3.05, 3.63) is 54.1 Å². The van der Waals surface area contributed by atoms with E-state index in [-0.39, 0.29) is 25.0 Å². The highest BCUT2D eigenvalue weighted by atomic mass is 16.5. The highest BCUT2D eigenvalue weighted by Crippen LogP contribution is 2.47. The van der Waals surface area contributed by atoms with Crippen LogP contribution in [0.25, 0.3) is 0 Å². The van der Waals surface area contributed by atoms with Crippen LogP contribution >= 0.6 is 0 Å². The lowest BCUT2D eigenvalue weighted by molar-refractivity contribution is -0.137. The Morgan fingerprint density at radius 1 is 1.17 bits per heavy atom. The largest absolute Gasteiger partial charge is 0.486 e. The molecule has 192 valence electrons. The Kier molecular flexibility index (Phi) is 10.4. The maximum atomic E-state index is 13.4. The van der Waals surface area contributed by atoms with Gasteiger partial charge in [0, 0.05) is 30.6 Å². The van der Waals surface area contributed by atoms with Crippen molar-refractivity contribution < 1.29 is 24.5 Å². The summed E-state index contributed by atoms with van der Waals surface area (Å²) in [4.78, 5) is 28.3. The van der Waals surface area contributed by atoms with Crippen LogP contribution in [0.2, 0.25) is 0 Å². The summed E-state index contributed by atoms with van der Waals surface area (Å²) >= 11 is 0. The SMILES string of the molecule is C=CCCCCC(=O)N(CCCCCC)[C@@H]1C=C(C(=O)NCCO)[C@@H]2c3ccccc3O[C@@H]2[C@H]1O. The fourth-order valence-corrected chi connectivity index (χ4v) is 5.05. The normalized spacial score (nSPS) is 22.4. The van der Waals surface area contributed by atoms with E-state index in [4.69, 9.17) is 4.74 Å². The average Bonchev–Trinajstić information content (AvgIpc) is 3.26. The minimum absolute atomic E-state index is 0.0186. The lowest BCUT2D eigenvalue weighted by Crippen LogP contribution is -2.56. The number of hydrogen-bond donors (Lipinski definition) is 3. The van der Waals surface area contributed by atoms with Crippen molar-refractivity contribution in [2.75, 3.05) is 19.7 Å². The molecule has 1 aliphatic heterocycles. The highest BCUT2D eigenvalue weighted by Gasteiger charge is 2.50. The molecule has 2 amide bonds. The summed E-state index contributed by atoms with van der Waals surface area (Å²) in [5.41, 5.74) is 1.33. The molecule has 35 heavy (non-hydrogen) atoms. The summed E-state index contributed by atoms with van der Waals surface area (Å²) in [7, 11) is 0. The lowest BCUT2D eigenvalue weighted by Gasteiger charge is -2.41. The molecule has 7 nitrogen and oxygen atoms in total. The third kappa shape index (κ3) is 6.53. The molecule has 4 atom stereocenters. The fraction of sp³-hybridized carbons (Fsp3) is 0.571. The van der Waals surface area contributed by atoms with Gasteiger partial charge in [0.25, 0.3) is 0 Å². The third-order valence-electron chi connectivity index (χ3n) is 6.86. The van der Waals surface area contributed by atoms with E-state index in [0.717, 1.165) is 50.5 Å².